The van der Waals surface area contributed by atoms with Crippen molar-refractivity contribution in [2.24, 2.45) is 0 Å². The normalized spacial score (nSPS) is 10.4. The number of amides is 1. The Kier molecular flexibility index (Phi) is 4.56. The monoisotopic (exact) mass is 322 g/mol. The maximum atomic E-state index is 12.5. The third-order valence-electron chi connectivity index (χ3n) is 3.61. The van der Waals surface area contributed by atoms with E-state index in [1.807, 2.05) is 42.5 Å². The number of ether oxygens (including phenoxy) is 1. The summed E-state index contributed by atoms with van der Waals surface area (Å²) in [6.45, 7) is 0.385. The van der Waals surface area contributed by atoms with Crippen molar-refractivity contribution in [2.75, 3.05) is 14.2 Å². The zero-order chi connectivity index (χ0) is 16.9. The van der Waals surface area contributed by atoms with Crippen LogP contribution in [0.15, 0.2) is 54.6 Å². The van der Waals surface area contributed by atoms with Crippen molar-refractivity contribution in [3.63, 3.8) is 0 Å². The van der Waals surface area contributed by atoms with E-state index in [0.717, 1.165) is 17.0 Å². The van der Waals surface area contributed by atoms with Crippen molar-refractivity contribution in [1.82, 2.24) is 20.1 Å². The Balaban J connectivity index is 1.73. The molecule has 0 aliphatic heterocycles. The van der Waals surface area contributed by atoms with Crippen molar-refractivity contribution in [1.29, 1.82) is 0 Å². The van der Waals surface area contributed by atoms with Crippen LogP contribution in [0.5, 0.6) is 5.88 Å². The van der Waals surface area contributed by atoms with E-state index < -0.39 is 0 Å². The van der Waals surface area contributed by atoms with Gasteiger partial charge in [0.25, 0.3) is 5.91 Å². The molecule has 0 radical (unpaired) electrons. The van der Waals surface area contributed by atoms with Crippen LogP contribution >= 0.6 is 0 Å². The van der Waals surface area contributed by atoms with Gasteiger partial charge in [0.15, 0.2) is 0 Å². The predicted molar refractivity (Wildman–Crippen MR) is 90.6 cm³/mol. The van der Waals surface area contributed by atoms with E-state index in [0.29, 0.717) is 18.1 Å². The number of H-pyrrole nitrogens is 1. The lowest BCUT2D eigenvalue weighted by molar-refractivity contribution is 0.0777. The van der Waals surface area contributed by atoms with Gasteiger partial charge < -0.3 is 9.64 Å². The average Bonchev–Trinajstić information content (AvgIpc) is 3.12. The average molecular weight is 322 g/mol. The quantitative estimate of drug-likeness (QED) is 0.784. The first-order chi connectivity index (χ1) is 11.7. The summed E-state index contributed by atoms with van der Waals surface area (Å²) in [4.78, 5) is 18.4. The first-order valence-corrected chi connectivity index (χ1v) is 7.53. The Morgan fingerprint density at radius 2 is 1.96 bits per heavy atom. The third-order valence-corrected chi connectivity index (χ3v) is 3.61. The number of benzene rings is 1. The molecule has 6 nitrogen and oxygen atoms in total. The standard InChI is InChI=1S/C18H18N4O2/c1-22(12-14-9-6-10-17(19-14)24-2)18(23)16-11-15(20-21-16)13-7-4-3-5-8-13/h3-11H,12H2,1-2H3,(H,20,21). The molecule has 3 aromatic rings. The minimum atomic E-state index is -0.144. The molecule has 2 heterocycles. The van der Waals surface area contributed by atoms with Crippen molar-refractivity contribution in [3.8, 4) is 17.1 Å². The Labute approximate surface area is 140 Å². The molecule has 122 valence electrons. The molecule has 6 heteroatoms. The minimum Gasteiger partial charge on any atom is -0.481 e. The molecule has 3 rings (SSSR count). The van der Waals surface area contributed by atoms with Gasteiger partial charge in [0, 0.05) is 18.7 Å². The molecule has 1 N–H and O–H groups in total. The van der Waals surface area contributed by atoms with Crippen molar-refractivity contribution in [2.45, 2.75) is 6.54 Å². The lowest BCUT2D eigenvalue weighted by Gasteiger charge is -2.15. The summed E-state index contributed by atoms with van der Waals surface area (Å²) in [6.07, 6.45) is 0. The lowest BCUT2D eigenvalue weighted by Crippen LogP contribution is -2.27. The molecule has 0 saturated heterocycles. The van der Waals surface area contributed by atoms with Gasteiger partial charge in [0.1, 0.15) is 5.69 Å². The van der Waals surface area contributed by atoms with E-state index in [9.17, 15) is 4.79 Å². The SMILES string of the molecule is COc1cccc(CN(C)C(=O)c2cc(-c3ccccc3)n[nH]2)n1. The van der Waals surface area contributed by atoms with Gasteiger partial charge in [-0.15, -0.1) is 0 Å². The zero-order valence-corrected chi connectivity index (χ0v) is 13.6. The number of nitrogens with one attached hydrogen (secondary N) is 1. The summed E-state index contributed by atoms with van der Waals surface area (Å²) >= 11 is 0. The molecule has 0 saturated carbocycles. The molecule has 2 aromatic heterocycles. The molecule has 24 heavy (non-hydrogen) atoms. The van der Waals surface area contributed by atoms with Crippen LogP contribution in [-0.2, 0) is 6.54 Å². The second-order valence-corrected chi connectivity index (χ2v) is 5.37. The number of pyridine rings is 1. The number of hydrogen-bond acceptors (Lipinski definition) is 4. The van der Waals surface area contributed by atoms with Crippen molar-refractivity contribution < 1.29 is 9.53 Å². The topological polar surface area (TPSA) is 71.1 Å². The molecule has 1 amide bonds. The molecule has 1 aromatic carbocycles. The van der Waals surface area contributed by atoms with Gasteiger partial charge in [-0.05, 0) is 12.1 Å². The summed E-state index contributed by atoms with van der Waals surface area (Å²) in [6, 6.07) is 17.0. The summed E-state index contributed by atoms with van der Waals surface area (Å²) in [5, 5.41) is 7.02. The number of carbonyl (C=O) groups is 1. The van der Waals surface area contributed by atoms with Gasteiger partial charge in [-0.2, -0.15) is 5.10 Å². The van der Waals surface area contributed by atoms with Crippen LogP contribution in [0.1, 0.15) is 16.2 Å². The van der Waals surface area contributed by atoms with Crippen LogP contribution in [0, 0.1) is 0 Å². The predicted octanol–water partition coefficient (Wildman–Crippen LogP) is 2.75. The first-order valence-electron chi connectivity index (χ1n) is 7.53. The molecule has 0 aliphatic carbocycles. The van der Waals surface area contributed by atoms with Crippen LogP contribution in [-0.4, -0.2) is 40.1 Å². The third kappa shape index (κ3) is 3.43. The fourth-order valence-electron chi connectivity index (χ4n) is 2.37. The number of hydrogen-bond donors (Lipinski definition) is 1. The largest absolute Gasteiger partial charge is 0.481 e. The molecule has 0 unspecified atom stereocenters. The minimum absolute atomic E-state index is 0.144. The fourth-order valence-corrected chi connectivity index (χ4v) is 2.37. The van der Waals surface area contributed by atoms with Crippen molar-refractivity contribution >= 4 is 5.91 Å². The maximum Gasteiger partial charge on any atom is 0.271 e. The molecule has 0 bridgehead atoms. The maximum absolute atomic E-state index is 12.5. The Bertz CT molecular complexity index is 830. The van der Waals surface area contributed by atoms with Crippen LogP contribution in [0.4, 0.5) is 0 Å². The van der Waals surface area contributed by atoms with E-state index in [4.69, 9.17) is 4.74 Å². The Hall–Kier alpha value is -3.15. The van der Waals surface area contributed by atoms with Gasteiger partial charge in [0.05, 0.1) is 25.0 Å². The second-order valence-electron chi connectivity index (χ2n) is 5.37. The summed E-state index contributed by atoms with van der Waals surface area (Å²) in [7, 11) is 3.29. The smallest absolute Gasteiger partial charge is 0.271 e. The molecule has 0 atom stereocenters. The molecule has 0 fully saturated rings. The number of aromatic nitrogens is 3. The number of carbonyl (C=O) groups excluding carboxylic acids is 1. The summed E-state index contributed by atoms with van der Waals surface area (Å²) in [5.74, 6) is 0.385. The summed E-state index contributed by atoms with van der Waals surface area (Å²) in [5.41, 5.74) is 2.91. The van der Waals surface area contributed by atoms with E-state index in [1.54, 1.807) is 31.2 Å². The van der Waals surface area contributed by atoms with Crippen LogP contribution in [0.2, 0.25) is 0 Å². The van der Waals surface area contributed by atoms with E-state index in [2.05, 4.69) is 15.2 Å². The van der Waals surface area contributed by atoms with E-state index in [1.165, 1.54) is 0 Å². The van der Waals surface area contributed by atoms with E-state index in [-0.39, 0.29) is 5.91 Å². The number of nitrogens with zero attached hydrogens (tertiary/aromatic N) is 3. The fraction of sp³-hybridized carbons (Fsp3) is 0.167. The van der Waals surface area contributed by atoms with Crippen LogP contribution < -0.4 is 4.74 Å². The molecular weight excluding hydrogens is 304 g/mol. The number of rotatable bonds is 5. The highest BCUT2D eigenvalue weighted by Crippen LogP contribution is 2.18. The summed E-state index contributed by atoms with van der Waals surface area (Å²) < 4.78 is 5.10. The van der Waals surface area contributed by atoms with Gasteiger partial charge in [-0.25, -0.2) is 4.98 Å². The van der Waals surface area contributed by atoms with Crippen LogP contribution in [0.3, 0.4) is 0 Å². The molecule has 0 aliphatic rings. The zero-order valence-electron chi connectivity index (χ0n) is 13.6. The number of aromatic amines is 1. The highest BCUT2D eigenvalue weighted by Gasteiger charge is 2.16. The highest BCUT2D eigenvalue weighted by atomic mass is 16.5. The van der Waals surface area contributed by atoms with Crippen LogP contribution in [0.25, 0.3) is 11.3 Å². The highest BCUT2D eigenvalue weighted by molar-refractivity contribution is 5.93. The lowest BCUT2D eigenvalue weighted by atomic mass is 10.1. The van der Waals surface area contributed by atoms with Gasteiger partial charge >= 0.3 is 0 Å². The second kappa shape index (κ2) is 6.95. The molecule has 0 spiro atoms. The Morgan fingerprint density at radius 3 is 2.71 bits per heavy atom. The van der Waals surface area contributed by atoms with Crippen molar-refractivity contribution in [3.05, 3.63) is 66.0 Å². The van der Waals surface area contributed by atoms with E-state index >= 15 is 0 Å². The molecular formula is C18H18N4O2. The van der Waals surface area contributed by atoms with Gasteiger partial charge in [-0.1, -0.05) is 36.4 Å². The Morgan fingerprint density at radius 1 is 1.17 bits per heavy atom. The number of methoxy groups -OCH3 is 1. The van der Waals surface area contributed by atoms with Gasteiger partial charge in [0.2, 0.25) is 5.88 Å². The first kappa shape index (κ1) is 15.7. The van der Waals surface area contributed by atoms with Gasteiger partial charge in [-0.3, -0.25) is 9.89 Å².